The van der Waals surface area contributed by atoms with Crippen molar-refractivity contribution >= 4 is 6.08 Å². The molecule has 128 valence electrons. The lowest BCUT2D eigenvalue weighted by atomic mass is 9.82. The Labute approximate surface area is 156 Å². The number of aryl methyl sites for hydroxylation is 1. The molecule has 0 saturated carbocycles. The Morgan fingerprint density at radius 3 is 2.31 bits per heavy atom. The summed E-state index contributed by atoms with van der Waals surface area (Å²) in [5, 5.41) is 0. The highest BCUT2D eigenvalue weighted by Crippen LogP contribution is 2.49. The second-order valence-electron chi connectivity index (χ2n) is 7.60. The van der Waals surface area contributed by atoms with Crippen LogP contribution in [0.2, 0.25) is 0 Å². The van der Waals surface area contributed by atoms with Crippen LogP contribution in [0.15, 0.2) is 79.4 Å². The van der Waals surface area contributed by atoms with E-state index in [1.54, 1.807) is 0 Å². The molecule has 0 nitrogen and oxygen atoms in total. The molecule has 0 atom stereocenters. The van der Waals surface area contributed by atoms with Gasteiger partial charge in [0.2, 0.25) is 0 Å². The largest absolute Gasteiger partial charge is 0.0991 e. The Morgan fingerprint density at radius 1 is 0.808 bits per heavy atom. The zero-order chi connectivity index (χ0) is 18.3. The van der Waals surface area contributed by atoms with Crippen LogP contribution in [0.25, 0.3) is 28.3 Å². The van der Waals surface area contributed by atoms with Crippen molar-refractivity contribution < 1.29 is 0 Å². The zero-order valence-corrected chi connectivity index (χ0v) is 15.7. The summed E-state index contributed by atoms with van der Waals surface area (Å²) in [6.07, 6.45) is 5.94. The summed E-state index contributed by atoms with van der Waals surface area (Å²) in [6.45, 7) is 10.6. The third-order valence-corrected chi connectivity index (χ3v) is 5.61. The third-order valence-electron chi connectivity index (χ3n) is 5.61. The lowest BCUT2D eigenvalue weighted by Gasteiger charge is -2.21. The first-order chi connectivity index (χ1) is 12.5. The zero-order valence-electron chi connectivity index (χ0n) is 15.7. The molecule has 0 N–H and O–H groups in total. The van der Waals surface area contributed by atoms with Gasteiger partial charge in [-0.1, -0.05) is 87.2 Å². The first-order valence-electron chi connectivity index (χ1n) is 9.17. The average Bonchev–Trinajstić information content (AvgIpc) is 2.89. The normalized spacial score (nSPS) is 14.3. The summed E-state index contributed by atoms with van der Waals surface area (Å²) in [7, 11) is 0. The monoisotopic (exact) mass is 336 g/mol. The van der Waals surface area contributed by atoms with Gasteiger partial charge in [-0.2, -0.15) is 0 Å². The van der Waals surface area contributed by atoms with Gasteiger partial charge in [0.25, 0.3) is 0 Å². The van der Waals surface area contributed by atoms with E-state index in [-0.39, 0.29) is 5.41 Å². The molecule has 0 heteroatoms. The van der Waals surface area contributed by atoms with E-state index in [2.05, 4.69) is 94.1 Å². The fourth-order valence-electron chi connectivity index (χ4n) is 4.07. The molecule has 0 heterocycles. The van der Waals surface area contributed by atoms with Crippen molar-refractivity contribution in [3.05, 3.63) is 102 Å². The number of hydrogen-bond donors (Lipinski definition) is 0. The van der Waals surface area contributed by atoms with Gasteiger partial charge in [0.05, 0.1) is 0 Å². The minimum absolute atomic E-state index is 0.0651. The Kier molecular flexibility index (Phi) is 3.92. The van der Waals surface area contributed by atoms with E-state index >= 15 is 0 Å². The summed E-state index contributed by atoms with van der Waals surface area (Å²) < 4.78 is 0. The summed E-state index contributed by atoms with van der Waals surface area (Å²) in [6, 6.07) is 22.4. The van der Waals surface area contributed by atoms with Gasteiger partial charge in [-0.3, -0.25) is 0 Å². The molecule has 1 aliphatic carbocycles. The van der Waals surface area contributed by atoms with Crippen LogP contribution >= 0.6 is 0 Å². The molecule has 0 bridgehead atoms. The molecular weight excluding hydrogens is 312 g/mol. The van der Waals surface area contributed by atoms with Crippen LogP contribution in [-0.4, -0.2) is 0 Å². The molecule has 0 saturated heterocycles. The maximum atomic E-state index is 3.77. The Hall–Kier alpha value is -2.86. The topological polar surface area (TPSA) is 0 Å². The first-order valence-corrected chi connectivity index (χ1v) is 9.17. The van der Waals surface area contributed by atoms with Gasteiger partial charge in [0.15, 0.2) is 0 Å². The van der Waals surface area contributed by atoms with Crippen molar-refractivity contribution in [2.24, 2.45) is 0 Å². The number of fused-ring (bicyclic) bond motifs is 3. The van der Waals surface area contributed by atoms with E-state index in [4.69, 9.17) is 0 Å². The van der Waals surface area contributed by atoms with Crippen molar-refractivity contribution in [3.8, 4) is 22.3 Å². The molecule has 0 spiro atoms. The van der Waals surface area contributed by atoms with Gasteiger partial charge in [-0.05, 0) is 63.6 Å². The van der Waals surface area contributed by atoms with Crippen molar-refractivity contribution in [1.29, 1.82) is 0 Å². The van der Waals surface area contributed by atoms with E-state index in [0.29, 0.717) is 0 Å². The lowest BCUT2D eigenvalue weighted by Crippen LogP contribution is -2.14. The quantitative estimate of drug-likeness (QED) is 0.445. The molecule has 1 aliphatic rings. The SMILES string of the molecule is C=C/C=C\c1cc(-c2ccc3c(c2)-c2ccccc2C3(C)C)ccc1C. The predicted molar refractivity (Wildman–Crippen MR) is 113 cm³/mol. The molecule has 0 aliphatic heterocycles. The lowest BCUT2D eigenvalue weighted by molar-refractivity contribution is 0.660. The van der Waals surface area contributed by atoms with Crippen LogP contribution in [-0.2, 0) is 5.41 Å². The fourth-order valence-corrected chi connectivity index (χ4v) is 4.07. The molecule has 26 heavy (non-hydrogen) atoms. The van der Waals surface area contributed by atoms with Crippen LogP contribution in [0, 0.1) is 6.92 Å². The second kappa shape index (κ2) is 6.14. The molecule has 0 radical (unpaired) electrons. The van der Waals surface area contributed by atoms with E-state index < -0.39 is 0 Å². The minimum Gasteiger partial charge on any atom is -0.0991 e. The Bertz CT molecular complexity index is 1030. The van der Waals surface area contributed by atoms with E-state index in [1.165, 1.54) is 44.5 Å². The van der Waals surface area contributed by atoms with Gasteiger partial charge in [-0.25, -0.2) is 0 Å². The van der Waals surface area contributed by atoms with Crippen LogP contribution in [0.1, 0.15) is 36.1 Å². The smallest absolute Gasteiger partial charge is 0.0158 e. The van der Waals surface area contributed by atoms with Crippen molar-refractivity contribution in [1.82, 2.24) is 0 Å². The standard InChI is InChI=1S/C26H24/c1-5-6-9-19-16-20(13-12-18(19)2)21-14-15-25-23(17-21)22-10-7-8-11-24(22)26(25,3)4/h5-17H,1H2,2-4H3/b9-6-. The highest BCUT2D eigenvalue weighted by atomic mass is 14.4. The molecular formula is C26H24. The van der Waals surface area contributed by atoms with Crippen molar-refractivity contribution in [2.75, 3.05) is 0 Å². The third kappa shape index (κ3) is 2.54. The van der Waals surface area contributed by atoms with Crippen LogP contribution in [0.5, 0.6) is 0 Å². The van der Waals surface area contributed by atoms with Crippen molar-refractivity contribution in [3.63, 3.8) is 0 Å². The van der Waals surface area contributed by atoms with Gasteiger partial charge in [0.1, 0.15) is 0 Å². The first kappa shape index (κ1) is 16.6. The van der Waals surface area contributed by atoms with Crippen molar-refractivity contribution in [2.45, 2.75) is 26.2 Å². The number of hydrogen-bond acceptors (Lipinski definition) is 0. The van der Waals surface area contributed by atoms with Gasteiger partial charge in [0, 0.05) is 5.41 Å². The average molecular weight is 336 g/mol. The maximum Gasteiger partial charge on any atom is 0.0158 e. The number of allylic oxidation sites excluding steroid dienone is 2. The highest BCUT2D eigenvalue weighted by molar-refractivity contribution is 5.84. The summed E-state index contributed by atoms with van der Waals surface area (Å²) in [5.74, 6) is 0. The molecule has 0 fully saturated rings. The molecule has 4 rings (SSSR count). The Morgan fingerprint density at radius 2 is 1.50 bits per heavy atom. The van der Waals surface area contributed by atoms with Gasteiger partial charge in [-0.15, -0.1) is 0 Å². The summed E-state index contributed by atoms with van der Waals surface area (Å²) in [4.78, 5) is 0. The molecule has 3 aromatic rings. The van der Waals surface area contributed by atoms with Gasteiger partial charge >= 0.3 is 0 Å². The van der Waals surface area contributed by atoms with Crippen LogP contribution in [0.4, 0.5) is 0 Å². The van der Waals surface area contributed by atoms with Gasteiger partial charge < -0.3 is 0 Å². The summed E-state index contributed by atoms with van der Waals surface area (Å²) in [5.41, 5.74) is 10.7. The maximum absolute atomic E-state index is 3.77. The number of rotatable bonds is 3. The van der Waals surface area contributed by atoms with Crippen LogP contribution in [0.3, 0.4) is 0 Å². The van der Waals surface area contributed by atoms with E-state index in [9.17, 15) is 0 Å². The van der Waals surface area contributed by atoms with E-state index in [1.807, 2.05) is 12.2 Å². The molecule has 0 aromatic heterocycles. The highest BCUT2D eigenvalue weighted by Gasteiger charge is 2.34. The number of benzene rings is 3. The Balaban J connectivity index is 1.86. The molecule has 0 amide bonds. The van der Waals surface area contributed by atoms with E-state index in [0.717, 1.165) is 0 Å². The molecule has 0 unspecified atom stereocenters. The predicted octanol–water partition coefficient (Wildman–Crippen LogP) is 7.17. The minimum atomic E-state index is 0.0651. The second-order valence-corrected chi connectivity index (χ2v) is 7.60. The summed E-state index contributed by atoms with van der Waals surface area (Å²) >= 11 is 0. The fraction of sp³-hybridized carbons (Fsp3) is 0.154. The molecule has 3 aromatic carbocycles. The van der Waals surface area contributed by atoms with Crippen LogP contribution < -0.4 is 0 Å².